The smallest absolute Gasteiger partial charge is 0.343 e. The quantitative estimate of drug-likeness (QED) is 0.195. The average Bonchev–Trinajstić information content (AvgIpc) is 2.10. The Kier molecular flexibility index (Phi) is 31.1. The van der Waals surface area contributed by atoms with Crippen molar-refractivity contribution in [2.45, 2.75) is 58.3 Å². The van der Waals surface area contributed by atoms with Crippen molar-refractivity contribution in [1.82, 2.24) is 0 Å². The van der Waals surface area contributed by atoms with Crippen LogP contribution in [0.25, 0.3) is 0 Å². The molecule has 0 aromatic heterocycles. The first-order chi connectivity index (χ1) is 6.65. The van der Waals surface area contributed by atoms with E-state index in [1.165, 1.54) is 44.9 Å². The molecule has 15 heavy (non-hydrogen) atoms. The van der Waals surface area contributed by atoms with E-state index >= 15 is 0 Å². The van der Waals surface area contributed by atoms with Gasteiger partial charge in [0.1, 0.15) is 0 Å². The van der Waals surface area contributed by atoms with Gasteiger partial charge in [-0.3, -0.25) is 0 Å². The molecule has 0 saturated heterocycles. The van der Waals surface area contributed by atoms with Gasteiger partial charge in [-0.2, -0.15) is 6.42 Å². The van der Waals surface area contributed by atoms with E-state index in [4.69, 9.17) is 33.2 Å². The molecule has 0 amide bonds. The number of halogens is 3. The maximum atomic E-state index is 4.91. The van der Waals surface area contributed by atoms with Crippen LogP contribution in [-0.2, 0) is 22.4 Å². The molecule has 0 nitrogen and oxygen atoms in total. The molecule has 0 aliphatic rings. The Bertz CT molecular complexity index is 84.0. The SMILES string of the molecule is Cl[Si](Cl)Cl.[Au+].[CH2-]CCCCCCCCC. The van der Waals surface area contributed by atoms with E-state index in [-0.39, 0.29) is 22.4 Å². The van der Waals surface area contributed by atoms with Crippen LogP contribution in [0.4, 0.5) is 0 Å². The van der Waals surface area contributed by atoms with Crippen molar-refractivity contribution in [2.24, 2.45) is 0 Å². The van der Waals surface area contributed by atoms with E-state index in [2.05, 4.69) is 13.8 Å². The van der Waals surface area contributed by atoms with Crippen LogP contribution in [0.3, 0.4) is 0 Å². The first-order valence-corrected chi connectivity index (χ1v) is 9.81. The fourth-order valence-corrected chi connectivity index (χ4v) is 1.13. The van der Waals surface area contributed by atoms with Crippen LogP contribution >= 0.6 is 33.2 Å². The van der Waals surface area contributed by atoms with E-state index in [0.29, 0.717) is 0 Å². The molecule has 0 heterocycles. The summed E-state index contributed by atoms with van der Waals surface area (Å²) in [6, 6.07) is 0. The summed E-state index contributed by atoms with van der Waals surface area (Å²) in [5.74, 6) is 0. The van der Waals surface area contributed by atoms with E-state index in [0.717, 1.165) is 6.42 Å². The van der Waals surface area contributed by atoms with Crippen molar-refractivity contribution in [3.63, 3.8) is 0 Å². The van der Waals surface area contributed by atoms with Gasteiger partial charge in [-0.25, -0.2) is 0 Å². The summed E-state index contributed by atoms with van der Waals surface area (Å²) in [6.45, 7) is 4.62. The van der Waals surface area contributed by atoms with E-state index in [1.807, 2.05) is 0 Å². The van der Waals surface area contributed by atoms with Gasteiger partial charge in [0.05, 0.1) is 0 Å². The second-order valence-corrected chi connectivity index (χ2v) is 8.76. The second-order valence-electron chi connectivity index (χ2n) is 3.19. The van der Waals surface area contributed by atoms with Crippen LogP contribution < -0.4 is 0 Å². The Balaban J connectivity index is -0.000000249. The van der Waals surface area contributed by atoms with Crippen LogP contribution in [0.5, 0.6) is 0 Å². The summed E-state index contributed by atoms with van der Waals surface area (Å²) >= 11 is 14.7. The van der Waals surface area contributed by atoms with Gasteiger partial charge in [0, 0.05) is 0 Å². The Hall–Kier alpha value is 1.83. The minimum atomic E-state index is -1.46. The number of hydrogen-bond acceptors (Lipinski definition) is 0. The summed E-state index contributed by atoms with van der Waals surface area (Å²) in [4.78, 5) is 0. The molecule has 0 bridgehead atoms. The summed E-state index contributed by atoms with van der Waals surface area (Å²) in [7, 11) is 0. The van der Waals surface area contributed by atoms with Crippen molar-refractivity contribution in [3.8, 4) is 0 Å². The average molecular weight is 473 g/mol. The zero-order valence-electron chi connectivity index (χ0n) is 9.30. The van der Waals surface area contributed by atoms with Crippen molar-refractivity contribution < 1.29 is 22.4 Å². The molecule has 0 spiro atoms. The maximum absolute atomic E-state index is 4.91. The molecule has 1 radical (unpaired) electrons. The monoisotopic (exact) mass is 471 g/mol. The summed E-state index contributed by atoms with van der Waals surface area (Å²) in [6.07, 6.45) is 10.9. The molecule has 0 fully saturated rings. The fourth-order valence-electron chi connectivity index (χ4n) is 1.13. The van der Waals surface area contributed by atoms with Crippen molar-refractivity contribution in [2.75, 3.05) is 0 Å². The van der Waals surface area contributed by atoms with Gasteiger partial charge in [0.15, 0.2) is 0 Å². The first-order valence-electron chi connectivity index (χ1n) is 5.27. The van der Waals surface area contributed by atoms with E-state index < -0.39 is 6.73 Å². The molecule has 0 aromatic rings. The third-order valence-corrected chi connectivity index (χ3v) is 1.85. The molecular formula is C10H21AuCl3Si. The predicted octanol–water partition coefficient (Wildman–Crippen LogP) is 5.65. The van der Waals surface area contributed by atoms with Gasteiger partial charge in [-0.1, -0.05) is 51.9 Å². The van der Waals surface area contributed by atoms with Gasteiger partial charge >= 0.3 is 29.1 Å². The second kappa shape index (κ2) is 21.1. The van der Waals surface area contributed by atoms with Crippen LogP contribution in [0.2, 0.25) is 0 Å². The third kappa shape index (κ3) is 38.8. The van der Waals surface area contributed by atoms with Gasteiger partial charge < -0.3 is 6.92 Å². The Labute approximate surface area is 127 Å². The molecule has 97 valence electrons. The summed E-state index contributed by atoms with van der Waals surface area (Å²) < 4.78 is 0. The molecule has 0 saturated carbocycles. The largest absolute Gasteiger partial charge is 1.00 e. The number of unbranched alkanes of at least 4 members (excludes halogenated alkanes) is 7. The summed E-state index contributed by atoms with van der Waals surface area (Å²) in [5, 5.41) is 0. The number of rotatable bonds is 7. The number of hydrogen-bond donors (Lipinski definition) is 0. The minimum absolute atomic E-state index is 0. The Morgan fingerprint density at radius 3 is 1.53 bits per heavy atom. The van der Waals surface area contributed by atoms with E-state index in [9.17, 15) is 0 Å². The Morgan fingerprint density at radius 1 is 0.867 bits per heavy atom. The molecule has 0 aromatic carbocycles. The van der Waals surface area contributed by atoms with Crippen LogP contribution in [0, 0.1) is 6.92 Å². The third-order valence-electron chi connectivity index (χ3n) is 1.85. The molecular weight excluding hydrogens is 452 g/mol. The van der Waals surface area contributed by atoms with E-state index in [1.54, 1.807) is 0 Å². The first kappa shape index (κ1) is 22.0. The van der Waals surface area contributed by atoms with Crippen LogP contribution in [-0.4, -0.2) is 6.73 Å². The zero-order chi connectivity index (χ0) is 11.2. The van der Waals surface area contributed by atoms with Crippen molar-refractivity contribution >= 4 is 40.0 Å². The molecule has 0 rings (SSSR count). The molecule has 5 heteroatoms. The van der Waals surface area contributed by atoms with Crippen LogP contribution in [0.1, 0.15) is 58.3 Å². The molecule has 0 aliphatic heterocycles. The maximum Gasteiger partial charge on any atom is 1.00 e. The standard InChI is InChI=1S/C10H21.Au.Cl3Si/c1-3-5-7-9-10-8-6-4-2;;1-4(2)3/h1,3-10H2,2H3;;/q-1;+1;. The van der Waals surface area contributed by atoms with Crippen molar-refractivity contribution in [3.05, 3.63) is 6.92 Å². The molecule has 0 atom stereocenters. The molecule has 0 N–H and O–H groups in total. The van der Waals surface area contributed by atoms with Gasteiger partial charge in [0.2, 0.25) is 0 Å². The summed E-state index contributed by atoms with van der Waals surface area (Å²) in [5.41, 5.74) is 0. The minimum Gasteiger partial charge on any atom is -0.343 e. The zero-order valence-corrected chi connectivity index (χ0v) is 14.7. The van der Waals surface area contributed by atoms with Gasteiger partial charge in [0.25, 0.3) is 0 Å². The van der Waals surface area contributed by atoms with Gasteiger partial charge in [-0.15, -0.1) is 33.2 Å². The van der Waals surface area contributed by atoms with Crippen molar-refractivity contribution in [1.29, 1.82) is 0 Å². The molecule has 0 unspecified atom stereocenters. The fraction of sp³-hybridized carbons (Fsp3) is 0.900. The normalized spacial score (nSPS) is 9.20. The molecule has 0 aliphatic carbocycles. The topological polar surface area (TPSA) is 0 Å². The Morgan fingerprint density at radius 2 is 1.20 bits per heavy atom. The van der Waals surface area contributed by atoms with Gasteiger partial charge in [-0.05, 0) is 0 Å². The van der Waals surface area contributed by atoms with Crippen LogP contribution in [0.15, 0.2) is 0 Å². The predicted molar refractivity (Wildman–Crippen MR) is 71.3 cm³/mol.